The van der Waals surface area contributed by atoms with Crippen molar-refractivity contribution in [2.24, 2.45) is 23.2 Å². The minimum absolute atomic E-state index is 0.160. The lowest BCUT2D eigenvalue weighted by molar-refractivity contribution is -0.124. The first kappa shape index (κ1) is 21.1. The van der Waals surface area contributed by atoms with E-state index in [1.807, 2.05) is 0 Å². The van der Waals surface area contributed by atoms with Gasteiger partial charge in [-0.3, -0.25) is 9.59 Å². The Morgan fingerprint density at radius 2 is 1.77 bits per heavy atom. The quantitative estimate of drug-likeness (QED) is 0.503. The van der Waals surface area contributed by atoms with E-state index in [4.69, 9.17) is 9.47 Å². The van der Waals surface area contributed by atoms with Gasteiger partial charge >= 0.3 is 5.97 Å². The number of carbonyl (C=O) groups excluding carboxylic acids is 3. The fourth-order valence-corrected chi connectivity index (χ4v) is 7.44. The summed E-state index contributed by atoms with van der Waals surface area (Å²) in [7, 11) is 0. The highest BCUT2D eigenvalue weighted by Crippen LogP contribution is 2.53. The lowest BCUT2D eigenvalue weighted by Gasteiger charge is -2.36. The van der Waals surface area contributed by atoms with E-state index in [1.54, 1.807) is 6.92 Å². The average Bonchev–Trinajstić information content (AvgIpc) is 3.49. The van der Waals surface area contributed by atoms with E-state index in [0.717, 1.165) is 49.0 Å². The second-order valence-electron chi connectivity index (χ2n) is 10.0. The summed E-state index contributed by atoms with van der Waals surface area (Å²) in [6, 6.07) is 0. The molecule has 0 radical (unpaired) electrons. The second kappa shape index (κ2) is 7.41. The molecular weight excluding hydrogens is 414 g/mol. The SMILES string of the molecule is CCOC(=O)c1c(N2C(=O)[C@H]3[C@H](C2=O)[C@H]2CC[C@H]3O2)sc2c1CC[C@@H](C(C)(C)CC)C2. The predicted molar refractivity (Wildman–Crippen MR) is 117 cm³/mol. The Labute approximate surface area is 187 Å². The molecule has 1 aromatic rings. The molecule has 1 aromatic heterocycles. The molecular formula is C24H31NO5S. The number of carbonyl (C=O) groups is 3. The molecule has 3 saturated heterocycles. The predicted octanol–water partition coefficient (Wildman–Crippen LogP) is 4.13. The summed E-state index contributed by atoms with van der Waals surface area (Å²) in [4.78, 5) is 42.2. The summed E-state index contributed by atoms with van der Waals surface area (Å²) < 4.78 is 11.2. The van der Waals surface area contributed by atoms with Crippen LogP contribution in [0.25, 0.3) is 0 Å². The van der Waals surface area contributed by atoms with Crippen molar-refractivity contribution in [3.05, 3.63) is 16.0 Å². The molecule has 168 valence electrons. The first-order valence-corrected chi connectivity index (χ1v) is 12.4. The van der Waals surface area contributed by atoms with Gasteiger partial charge < -0.3 is 9.47 Å². The summed E-state index contributed by atoms with van der Waals surface area (Å²) in [5.74, 6) is -1.09. The molecule has 0 spiro atoms. The molecule has 2 amide bonds. The van der Waals surface area contributed by atoms with Crippen LogP contribution in [0.2, 0.25) is 0 Å². The number of thiophene rings is 1. The van der Waals surface area contributed by atoms with Crippen molar-refractivity contribution in [3.8, 4) is 0 Å². The van der Waals surface area contributed by atoms with Gasteiger partial charge in [-0.2, -0.15) is 0 Å². The highest BCUT2D eigenvalue weighted by Gasteiger charge is 2.63. The Morgan fingerprint density at radius 1 is 1.13 bits per heavy atom. The molecule has 3 fully saturated rings. The minimum Gasteiger partial charge on any atom is -0.462 e. The van der Waals surface area contributed by atoms with Crippen molar-refractivity contribution in [1.82, 2.24) is 0 Å². The summed E-state index contributed by atoms with van der Waals surface area (Å²) in [6.45, 7) is 8.86. The van der Waals surface area contributed by atoms with E-state index in [-0.39, 0.29) is 36.0 Å². The molecule has 31 heavy (non-hydrogen) atoms. The van der Waals surface area contributed by atoms with Crippen molar-refractivity contribution >= 4 is 34.1 Å². The molecule has 0 saturated carbocycles. The van der Waals surface area contributed by atoms with Crippen LogP contribution < -0.4 is 4.90 Å². The first-order chi connectivity index (χ1) is 14.8. The van der Waals surface area contributed by atoms with Crippen molar-refractivity contribution in [3.63, 3.8) is 0 Å². The minimum atomic E-state index is -0.417. The molecule has 4 heterocycles. The number of esters is 1. The number of anilines is 1. The highest BCUT2D eigenvalue weighted by atomic mass is 32.1. The number of imide groups is 1. The third-order valence-electron chi connectivity index (χ3n) is 8.23. The number of hydrogen-bond donors (Lipinski definition) is 0. The molecule has 5 atom stereocenters. The zero-order chi connectivity index (χ0) is 22.1. The molecule has 2 bridgehead atoms. The molecule has 5 rings (SSSR count). The van der Waals surface area contributed by atoms with Gasteiger partial charge in [0.1, 0.15) is 5.00 Å². The summed E-state index contributed by atoms with van der Waals surface area (Å²) >= 11 is 1.46. The first-order valence-electron chi connectivity index (χ1n) is 11.6. The highest BCUT2D eigenvalue weighted by molar-refractivity contribution is 7.17. The number of amides is 2. The van der Waals surface area contributed by atoms with Crippen molar-refractivity contribution in [1.29, 1.82) is 0 Å². The van der Waals surface area contributed by atoms with Gasteiger partial charge in [0.2, 0.25) is 11.8 Å². The standard InChI is InChI=1S/C24H31NO5S/c1-5-24(3,4)12-7-8-13-16(11-12)31-22(17(13)23(28)29-6-2)25-20(26)18-14-9-10-15(30-14)19(18)21(25)27/h12,14-15,18-19H,5-11H2,1-4H3/t12-,14-,15-,18-,19-/m1/s1. The Balaban J connectivity index is 1.56. The van der Waals surface area contributed by atoms with Gasteiger partial charge in [-0.1, -0.05) is 27.2 Å². The van der Waals surface area contributed by atoms with Crippen LogP contribution in [0.5, 0.6) is 0 Å². The summed E-state index contributed by atoms with van der Waals surface area (Å²) in [6.07, 6.45) is 5.10. The second-order valence-corrected chi connectivity index (χ2v) is 11.1. The fraction of sp³-hybridized carbons (Fsp3) is 0.708. The maximum absolute atomic E-state index is 13.4. The van der Waals surface area contributed by atoms with E-state index in [9.17, 15) is 14.4 Å². The molecule has 0 N–H and O–H groups in total. The monoisotopic (exact) mass is 445 g/mol. The zero-order valence-corrected chi connectivity index (χ0v) is 19.5. The largest absolute Gasteiger partial charge is 0.462 e. The van der Waals surface area contributed by atoms with Gasteiger partial charge in [0.15, 0.2) is 0 Å². The third-order valence-corrected chi connectivity index (χ3v) is 9.47. The molecule has 3 aliphatic heterocycles. The van der Waals surface area contributed by atoms with Gasteiger partial charge in [-0.25, -0.2) is 9.69 Å². The number of fused-ring (bicyclic) bond motifs is 6. The van der Waals surface area contributed by atoms with E-state index in [2.05, 4.69) is 20.8 Å². The Kier molecular flexibility index (Phi) is 5.05. The van der Waals surface area contributed by atoms with E-state index in [1.165, 1.54) is 16.2 Å². The lowest BCUT2D eigenvalue weighted by Crippen LogP contribution is -2.34. The summed E-state index contributed by atoms with van der Waals surface area (Å²) in [5, 5.41) is 0.488. The maximum atomic E-state index is 13.4. The van der Waals surface area contributed by atoms with Gasteiger partial charge in [0.25, 0.3) is 0 Å². The molecule has 4 aliphatic rings. The van der Waals surface area contributed by atoms with Crippen LogP contribution in [-0.2, 0) is 31.9 Å². The number of nitrogens with zero attached hydrogens (tertiary/aromatic N) is 1. The Morgan fingerprint density at radius 3 is 2.35 bits per heavy atom. The van der Waals surface area contributed by atoms with Gasteiger partial charge in [0, 0.05) is 4.88 Å². The average molecular weight is 446 g/mol. The van der Waals surface area contributed by atoms with Crippen LogP contribution in [0, 0.1) is 23.2 Å². The van der Waals surface area contributed by atoms with Crippen LogP contribution in [-0.4, -0.2) is 36.6 Å². The smallest absolute Gasteiger partial charge is 0.341 e. The van der Waals surface area contributed by atoms with Gasteiger partial charge in [0.05, 0.1) is 36.2 Å². The number of ether oxygens (including phenoxy) is 2. The molecule has 6 nitrogen and oxygen atoms in total. The Hall–Kier alpha value is -1.73. The molecule has 0 aromatic carbocycles. The van der Waals surface area contributed by atoms with Crippen LogP contribution in [0.3, 0.4) is 0 Å². The summed E-state index contributed by atoms with van der Waals surface area (Å²) in [5.41, 5.74) is 1.64. The van der Waals surface area contributed by atoms with E-state index < -0.39 is 17.8 Å². The third kappa shape index (κ3) is 3.03. The number of hydrogen-bond acceptors (Lipinski definition) is 6. The van der Waals surface area contributed by atoms with Crippen molar-refractivity contribution in [2.45, 2.75) is 78.4 Å². The lowest BCUT2D eigenvalue weighted by atomic mass is 9.69. The maximum Gasteiger partial charge on any atom is 0.341 e. The molecule has 7 heteroatoms. The van der Waals surface area contributed by atoms with Gasteiger partial charge in [-0.15, -0.1) is 11.3 Å². The zero-order valence-electron chi connectivity index (χ0n) is 18.7. The van der Waals surface area contributed by atoms with E-state index in [0.29, 0.717) is 16.5 Å². The van der Waals surface area contributed by atoms with Gasteiger partial charge in [-0.05, 0) is 55.9 Å². The van der Waals surface area contributed by atoms with Crippen LogP contribution >= 0.6 is 11.3 Å². The molecule has 1 aliphatic carbocycles. The fourth-order valence-electron chi connectivity index (χ4n) is 6.01. The number of rotatable bonds is 5. The van der Waals surface area contributed by atoms with Crippen LogP contribution in [0.15, 0.2) is 0 Å². The van der Waals surface area contributed by atoms with Crippen LogP contribution in [0.4, 0.5) is 5.00 Å². The normalized spacial score (nSPS) is 31.9. The molecule has 0 unspecified atom stereocenters. The van der Waals surface area contributed by atoms with Crippen molar-refractivity contribution < 1.29 is 23.9 Å². The van der Waals surface area contributed by atoms with Crippen molar-refractivity contribution in [2.75, 3.05) is 11.5 Å². The van der Waals surface area contributed by atoms with E-state index >= 15 is 0 Å². The Bertz CT molecular complexity index is 922. The topological polar surface area (TPSA) is 72.9 Å². The van der Waals surface area contributed by atoms with Crippen LogP contribution in [0.1, 0.15) is 74.2 Å².